The highest BCUT2D eigenvalue weighted by Gasteiger charge is 2.09. The first-order chi connectivity index (χ1) is 6.11. The van der Waals surface area contributed by atoms with Crippen molar-refractivity contribution in [1.29, 1.82) is 0 Å². The van der Waals surface area contributed by atoms with Gasteiger partial charge in [-0.2, -0.15) is 0 Å². The minimum absolute atomic E-state index is 0.0921. The van der Waals surface area contributed by atoms with Gasteiger partial charge in [0.25, 0.3) is 0 Å². The van der Waals surface area contributed by atoms with Crippen molar-refractivity contribution in [3.63, 3.8) is 0 Å². The van der Waals surface area contributed by atoms with Crippen LogP contribution in [0.3, 0.4) is 0 Å². The van der Waals surface area contributed by atoms with E-state index >= 15 is 0 Å². The quantitative estimate of drug-likeness (QED) is 0.609. The smallest absolute Gasteiger partial charge is 0.307 e. The van der Waals surface area contributed by atoms with Crippen molar-refractivity contribution in [3.8, 4) is 0 Å². The van der Waals surface area contributed by atoms with Gasteiger partial charge in [0.1, 0.15) is 0 Å². The van der Waals surface area contributed by atoms with E-state index in [-0.39, 0.29) is 18.6 Å². The van der Waals surface area contributed by atoms with Gasteiger partial charge in [-0.1, -0.05) is 0 Å². The SMILES string of the molecule is CCOC(=O)CCN(C)C(C)CO. The summed E-state index contributed by atoms with van der Waals surface area (Å²) in [6.45, 7) is 4.86. The second-order valence-corrected chi connectivity index (χ2v) is 3.07. The molecule has 0 rings (SSSR count). The zero-order valence-corrected chi connectivity index (χ0v) is 8.62. The maximum atomic E-state index is 10.9. The first kappa shape index (κ1) is 12.4. The third-order valence-electron chi connectivity index (χ3n) is 1.99. The van der Waals surface area contributed by atoms with E-state index in [9.17, 15) is 4.79 Å². The summed E-state index contributed by atoms with van der Waals surface area (Å²) < 4.78 is 4.78. The van der Waals surface area contributed by atoms with Gasteiger partial charge in [-0.05, 0) is 20.9 Å². The third kappa shape index (κ3) is 5.60. The van der Waals surface area contributed by atoms with Crippen LogP contribution < -0.4 is 0 Å². The lowest BCUT2D eigenvalue weighted by Gasteiger charge is -2.21. The summed E-state index contributed by atoms with van der Waals surface area (Å²) in [5, 5.41) is 8.82. The molecule has 0 bridgehead atoms. The zero-order chi connectivity index (χ0) is 10.3. The number of likely N-dealkylation sites (N-methyl/N-ethyl adjacent to an activating group) is 1. The van der Waals surface area contributed by atoms with Crippen molar-refractivity contribution in [3.05, 3.63) is 0 Å². The molecule has 0 saturated carbocycles. The van der Waals surface area contributed by atoms with Gasteiger partial charge < -0.3 is 14.7 Å². The van der Waals surface area contributed by atoms with E-state index in [2.05, 4.69) is 0 Å². The molecule has 0 aliphatic heterocycles. The van der Waals surface area contributed by atoms with E-state index in [1.807, 2.05) is 18.9 Å². The predicted octanol–water partition coefficient (Wildman–Crippen LogP) is 0.252. The number of nitrogens with zero attached hydrogens (tertiary/aromatic N) is 1. The van der Waals surface area contributed by atoms with Crippen LogP contribution in [0.2, 0.25) is 0 Å². The molecule has 1 atom stereocenters. The Kier molecular flexibility index (Phi) is 6.54. The van der Waals surface area contributed by atoms with Crippen molar-refractivity contribution >= 4 is 5.97 Å². The fraction of sp³-hybridized carbons (Fsp3) is 0.889. The molecule has 0 heterocycles. The Morgan fingerprint density at radius 1 is 1.62 bits per heavy atom. The molecule has 4 nitrogen and oxygen atoms in total. The average Bonchev–Trinajstić information content (AvgIpc) is 2.13. The number of esters is 1. The number of ether oxygens (including phenoxy) is 1. The van der Waals surface area contributed by atoms with Crippen LogP contribution in [-0.4, -0.2) is 48.8 Å². The molecule has 78 valence electrons. The Morgan fingerprint density at radius 2 is 2.23 bits per heavy atom. The highest BCUT2D eigenvalue weighted by atomic mass is 16.5. The van der Waals surface area contributed by atoms with Crippen molar-refractivity contribution < 1.29 is 14.6 Å². The summed E-state index contributed by atoms with van der Waals surface area (Å²) in [6.07, 6.45) is 0.384. The standard InChI is InChI=1S/C9H19NO3/c1-4-13-9(12)5-6-10(3)8(2)7-11/h8,11H,4-7H2,1-3H3. The lowest BCUT2D eigenvalue weighted by Crippen LogP contribution is -2.33. The number of carbonyl (C=O) groups is 1. The topological polar surface area (TPSA) is 49.8 Å². The third-order valence-corrected chi connectivity index (χ3v) is 1.99. The van der Waals surface area contributed by atoms with Crippen molar-refractivity contribution in [2.24, 2.45) is 0 Å². The van der Waals surface area contributed by atoms with Gasteiger partial charge >= 0.3 is 5.97 Å². The van der Waals surface area contributed by atoms with Crippen LogP contribution in [0.25, 0.3) is 0 Å². The molecule has 0 spiro atoms. The van der Waals surface area contributed by atoms with E-state index in [1.54, 1.807) is 6.92 Å². The Bertz CT molecular complexity index is 150. The summed E-state index contributed by atoms with van der Waals surface area (Å²) >= 11 is 0. The molecule has 1 unspecified atom stereocenters. The number of hydrogen-bond acceptors (Lipinski definition) is 4. The second kappa shape index (κ2) is 6.86. The maximum absolute atomic E-state index is 10.9. The molecule has 13 heavy (non-hydrogen) atoms. The van der Waals surface area contributed by atoms with Gasteiger partial charge in [-0.25, -0.2) is 0 Å². The summed E-state index contributed by atoms with van der Waals surface area (Å²) in [5.74, 6) is -0.181. The molecule has 0 aromatic rings. The van der Waals surface area contributed by atoms with Gasteiger partial charge in [-0.3, -0.25) is 4.79 Å². The van der Waals surface area contributed by atoms with E-state index in [0.29, 0.717) is 19.6 Å². The fourth-order valence-electron chi connectivity index (χ4n) is 0.861. The van der Waals surface area contributed by atoms with E-state index in [4.69, 9.17) is 9.84 Å². The zero-order valence-electron chi connectivity index (χ0n) is 8.62. The summed E-state index contributed by atoms with van der Waals surface area (Å²) in [4.78, 5) is 12.9. The maximum Gasteiger partial charge on any atom is 0.307 e. The molecule has 0 fully saturated rings. The molecule has 0 aliphatic carbocycles. The molecule has 0 aromatic heterocycles. The number of aliphatic hydroxyl groups excluding tert-OH is 1. The van der Waals surface area contributed by atoms with Crippen LogP contribution in [0.5, 0.6) is 0 Å². The van der Waals surface area contributed by atoms with Gasteiger partial charge in [-0.15, -0.1) is 0 Å². The summed E-state index contributed by atoms with van der Waals surface area (Å²) in [7, 11) is 1.88. The van der Waals surface area contributed by atoms with Crippen LogP contribution in [0.15, 0.2) is 0 Å². The second-order valence-electron chi connectivity index (χ2n) is 3.07. The van der Waals surface area contributed by atoms with Gasteiger partial charge in [0, 0.05) is 12.6 Å². The normalized spacial score (nSPS) is 13.0. The average molecular weight is 189 g/mol. The van der Waals surface area contributed by atoms with E-state index < -0.39 is 0 Å². The molecule has 0 radical (unpaired) electrons. The van der Waals surface area contributed by atoms with Crippen LogP contribution >= 0.6 is 0 Å². The fourth-order valence-corrected chi connectivity index (χ4v) is 0.861. The minimum atomic E-state index is -0.181. The molecule has 0 saturated heterocycles. The first-order valence-corrected chi connectivity index (χ1v) is 4.58. The monoisotopic (exact) mass is 189 g/mol. The van der Waals surface area contributed by atoms with Crippen LogP contribution in [-0.2, 0) is 9.53 Å². The lowest BCUT2D eigenvalue weighted by molar-refractivity contribution is -0.143. The molecular formula is C9H19NO3. The van der Waals surface area contributed by atoms with Gasteiger partial charge in [0.2, 0.25) is 0 Å². The highest BCUT2D eigenvalue weighted by molar-refractivity contribution is 5.69. The molecule has 1 N–H and O–H groups in total. The van der Waals surface area contributed by atoms with E-state index in [1.165, 1.54) is 0 Å². The predicted molar refractivity (Wildman–Crippen MR) is 50.4 cm³/mol. The molecule has 0 aromatic carbocycles. The Labute approximate surface area is 79.5 Å². The number of aliphatic hydroxyl groups is 1. The Balaban J connectivity index is 3.57. The van der Waals surface area contributed by atoms with Gasteiger partial charge in [0.05, 0.1) is 19.6 Å². The summed E-state index contributed by atoms with van der Waals surface area (Å²) in [6, 6.07) is 0.0921. The van der Waals surface area contributed by atoms with Crippen molar-refractivity contribution in [2.45, 2.75) is 26.3 Å². The van der Waals surface area contributed by atoms with Crippen molar-refractivity contribution in [1.82, 2.24) is 4.90 Å². The van der Waals surface area contributed by atoms with Crippen LogP contribution in [0.4, 0.5) is 0 Å². The van der Waals surface area contributed by atoms with E-state index in [0.717, 1.165) is 0 Å². The highest BCUT2D eigenvalue weighted by Crippen LogP contribution is 1.96. The number of hydrogen-bond donors (Lipinski definition) is 1. The lowest BCUT2D eigenvalue weighted by atomic mass is 10.3. The minimum Gasteiger partial charge on any atom is -0.466 e. The molecular weight excluding hydrogens is 170 g/mol. The molecule has 0 amide bonds. The molecule has 4 heteroatoms. The molecule has 0 aliphatic rings. The van der Waals surface area contributed by atoms with Crippen molar-refractivity contribution in [2.75, 3.05) is 26.8 Å². The van der Waals surface area contributed by atoms with Gasteiger partial charge in [0.15, 0.2) is 0 Å². The number of rotatable bonds is 6. The van der Waals surface area contributed by atoms with Crippen LogP contribution in [0, 0.1) is 0 Å². The first-order valence-electron chi connectivity index (χ1n) is 4.58. The summed E-state index contributed by atoms with van der Waals surface area (Å²) in [5.41, 5.74) is 0. The Morgan fingerprint density at radius 3 is 2.69 bits per heavy atom. The largest absolute Gasteiger partial charge is 0.466 e. The number of carbonyl (C=O) groups excluding carboxylic acids is 1. The van der Waals surface area contributed by atoms with Crippen LogP contribution in [0.1, 0.15) is 20.3 Å². The Hall–Kier alpha value is -0.610.